The van der Waals surface area contributed by atoms with Gasteiger partial charge in [-0.1, -0.05) is 24.3 Å². The van der Waals surface area contributed by atoms with Gasteiger partial charge < -0.3 is 19.9 Å². The molecular formula is C42H40N8O4. The van der Waals surface area contributed by atoms with Gasteiger partial charge in [-0.2, -0.15) is 5.26 Å². The molecule has 0 bridgehead atoms. The number of rotatable bonds is 9. The van der Waals surface area contributed by atoms with Crippen LogP contribution in [-0.2, 0) is 17.9 Å². The SMILES string of the molecule is Cc1nc(Nc2cccc(-c3cccc(-c4nc5cc(CN6CC[C@@H](C(=O)O)C6)cc(C#N)c5o4)c3C)c2C)c2ncc(CN3CC[C@]4(O)CC34)cc2n1. The lowest BCUT2D eigenvalue weighted by molar-refractivity contribution is -0.141. The summed E-state index contributed by atoms with van der Waals surface area (Å²) in [5, 5.41) is 33.5. The predicted octanol–water partition coefficient (Wildman–Crippen LogP) is 6.66. The number of carboxylic acid groups (broad SMARTS) is 1. The molecule has 0 radical (unpaired) electrons. The van der Waals surface area contributed by atoms with Crippen LogP contribution in [0.25, 0.3) is 44.7 Å². The van der Waals surface area contributed by atoms with Gasteiger partial charge in [-0.05, 0) is 110 Å². The lowest BCUT2D eigenvalue weighted by Gasteiger charge is -2.18. The second kappa shape index (κ2) is 13.0. The van der Waals surface area contributed by atoms with Crippen molar-refractivity contribution in [1.82, 2.24) is 29.7 Å². The molecule has 1 saturated carbocycles. The minimum absolute atomic E-state index is 0.250. The number of pyridine rings is 1. The van der Waals surface area contributed by atoms with Crippen LogP contribution >= 0.6 is 0 Å². The first-order valence-corrected chi connectivity index (χ1v) is 18.4. The highest BCUT2D eigenvalue weighted by molar-refractivity contribution is 5.90. The molecule has 3 aromatic carbocycles. The average molecular weight is 721 g/mol. The fourth-order valence-electron chi connectivity index (χ4n) is 8.45. The zero-order chi connectivity index (χ0) is 37.3. The maximum atomic E-state index is 11.5. The quantitative estimate of drug-likeness (QED) is 0.146. The molecule has 3 aromatic heterocycles. The number of benzene rings is 3. The van der Waals surface area contributed by atoms with E-state index in [2.05, 4.69) is 53.2 Å². The molecule has 12 heteroatoms. The smallest absolute Gasteiger partial charge is 0.307 e. The minimum atomic E-state index is -0.768. The van der Waals surface area contributed by atoms with E-state index >= 15 is 0 Å². The number of oxazole rings is 1. The number of aliphatic hydroxyl groups is 1. The van der Waals surface area contributed by atoms with Crippen molar-refractivity contribution in [3.05, 3.63) is 94.4 Å². The Bertz CT molecular complexity index is 2540. The number of aliphatic carboxylic acids is 1. The van der Waals surface area contributed by atoms with Gasteiger partial charge in [0.05, 0.1) is 22.6 Å². The molecule has 2 aliphatic heterocycles. The third kappa shape index (κ3) is 6.04. The number of likely N-dealkylation sites (tertiary alicyclic amines) is 2. The first-order chi connectivity index (χ1) is 26.1. The largest absolute Gasteiger partial charge is 0.481 e. The molecule has 3 atom stereocenters. The lowest BCUT2D eigenvalue weighted by Crippen LogP contribution is -2.23. The molecule has 0 amide bonds. The van der Waals surface area contributed by atoms with Crippen LogP contribution in [0.5, 0.6) is 0 Å². The van der Waals surface area contributed by atoms with Gasteiger partial charge in [0.2, 0.25) is 5.89 Å². The highest BCUT2D eigenvalue weighted by atomic mass is 16.4. The molecule has 1 unspecified atom stereocenters. The number of carbonyl (C=O) groups is 1. The van der Waals surface area contributed by atoms with E-state index in [1.807, 2.05) is 49.5 Å². The molecule has 12 nitrogen and oxygen atoms in total. The molecule has 9 rings (SSSR count). The third-order valence-electron chi connectivity index (χ3n) is 11.5. The van der Waals surface area contributed by atoms with Crippen LogP contribution < -0.4 is 5.32 Å². The molecule has 272 valence electrons. The number of aryl methyl sites for hydroxylation is 1. The maximum Gasteiger partial charge on any atom is 0.307 e. The number of hydrogen-bond acceptors (Lipinski definition) is 11. The van der Waals surface area contributed by atoms with E-state index < -0.39 is 11.6 Å². The summed E-state index contributed by atoms with van der Waals surface area (Å²) in [6, 6.07) is 20.6. The number of aromatic nitrogens is 4. The summed E-state index contributed by atoms with van der Waals surface area (Å²) in [6.07, 6.45) is 4.19. The van der Waals surface area contributed by atoms with Crippen LogP contribution in [0.1, 0.15) is 52.9 Å². The van der Waals surface area contributed by atoms with E-state index in [0.29, 0.717) is 65.8 Å². The van der Waals surface area contributed by atoms with Crippen LogP contribution in [0.2, 0.25) is 0 Å². The Hall–Kier alpha value is -5.74. The molecule has 5 heterocycles. The molecule has 1 aliphatic carbocycles. The van der Waals surface area contributed by atoms with Gasteiger partial charge in [0.1, 0.15) is 22.9 Å². The Morgan fingerprint density at radius 2 is 1.76 bits per heavy atom. The van der Waals surface area contributed by atoms with Crippen molar-refractivity contribution in [1.29, 1.82) is 5.26 Å². The predicted molar refractivity (Wildman–Crippen MR) is 204 cm³/mol. The second-order valence-corrected chi connectivity index (χ2v) is 15.1. The normalized spacial score (nSPS) is 21.1. The van der Waals surface area contributed by atoms with Crippen molar-refractivity contribution >= 4 is 39.6 Å². The van der Waals surface area contributed by atoms with Gasteiger partial charge in [-0.25, -0.2) is 15.0 Å². The monoisotopic (exact) mass is 720 g/mol. The van der Waals surface area contributed by atoms with Crippen LogP contribution in [0.15, 0.2) is 65.2 Å². The van der Waals surface area contributed by atoms with Gasteiger partial charge in [0, 0.05) is 49.7 Å². The van der Waals surface area contributed by atoms with Crippen molar-refractivity contribution in [3.8, 4) is 28.7 Å². The summed E-state index contributed by atoms with van der Waals surface area (Å²) in [5.74, 6) is 0.580. The Morgan fingerprint density at radius 1 is 0.981 bits per heavy atom. The van der Waals surface area contributed by atoms with Crippen LogP contribution in [-0.4, -0.2) is 77.2 Å². The molecule has 3 aliphatic rings. The number of fused-ring (bicyclic) bond motifs is 3. The molecule has 2 saturated heterocycles. The number of hydrogen-bond donors (Lipinski definition) is 3. The van der Waals surface area contributed by atoms with E-state index in [-0.39, 0.29) is 12.0 Å². The minimum Gasteiger partial charge on any atom is -0.481 e. The summed E-state index contributed by atoms with van der Waals surface area (Å²) < 4.78 is 6.29. The second-order valence-electron chi connectivity index (χ2n) is 15.1. The van der Waals surface area contributed by atoms with E-state index in [1.165, 1.54) is 0 Å². The topological polar surface area (TPSA) is 165 Å². The average Bonchev–Trinajstić information content (AvgIpc) is 3.48. The van der Waals surface area contributed by atoms with Crippen LogP contribution in [0.3, 0.4) is 0 Å². The zero-order valence-corrected chi connectivity index (χ0v) is 30.4. The van der Waals surface area contributed by atoms with Crippen molar-refractivity contribution in [3.63, 3.8) is 0 Å². The summed E-state index contributed by atoms with van der Waals surface area (Å²) in [5.41, 5.74) is 10.2. The summed E-state index contributed by atoms with van der Waals surface area (Å²) >= 11 is 0. The van der Waals surface area contributed by atoms with E-state index in [1.54, 1.807) is 0 Å². The number of piperidine rings is 1. The van der Waals surface area contributed by atoms with Crippen molar-refractivity contribution in [2.45, 2.75) is 64.8 Å². The summed E-state index contributed by atoms with van der Waals surface area (Å²) in [4.78, 5) is 35.1. The highest BCUT2D eigenvalue weighted by Crippen LogP contribution is 2.49. The molecule has 3 N–H and O–H groups in total. The van der Waals surface area contributed by atoms with Gasteiger partial charge in [0.25, 0.3) is 0 Å². The number of carboxylic acids is 1. The number of nitriles is 1. The summed E-state index contributed by atoms with van der Waals surface area (Å²) in [6.45, 7) is 9.38. The van der Waals surface area contributed by atoms with Gasteiger partial charge in [-0.15, -0.1) is 0 Å². The van der Waals surface area contributed by atoms with E-state index in [0.717, 1.165) is 76.1 Å². The lowest BCUT2D eigenvalue weighted by atomic mass is 9.93. The molecule has 6 aromatic rings. The standard InChI is InChI=1S/C42H40N8O4/c1-23-30(6-4-8-32(23)40-48-35-15-26(14-29(18-43)38(35)54-40)20-49-12-10-28(22-49)41(51)52)31-7-5-9-33(24(31)2)47-39-37-34(45-25(3)46-39)16-27(19-44-37)21-50-13-11-42(53)17-36(42)50/h4-9,14-16,19,28,36,53H,10-13,17,20-22H2,1-3H3,(H,51,52)(H,45,46,47)/t28-,36?,42+/m1/s1. The molecule has 3 fully saturated rings. The van der Waals surface area contributed by atoms with Crippen molar-refractivity contribution in [2.24, 2.45) is 5.92 Å². The maximum absolute atomic E-state index is 11.5. The summed E-state index contributed by atoms with van der Waals surface area (Å²) in [7, 11) is 0. The van der Waals surface area contributed by atoms with Crippen molar-refractivity contribution in [2.75, 3.05) is 25.0 Å². The molecular weight excluding hydrogens is 681 g/mol. The van der Waals surface area contributed by atoms with E-state index in [4.69, 9.17) is 24.4 Å². The van der Waals surface area contributed by atoms with Crippen LogP contribution in [0, 0.1) is 38.0 Å². The number of nitrogens with zero attached hydrogens (tertiary/aromatic N) is 7. The number of nitrogens with one attached hydrogen (secondary N) is 1. The Kier molecular flexibility index (Phi) is 8.19. The molecule has 0 spiro atoms. The van der Waals surface area contributed by atoms with Gasteiger partial charge >= 0.3 is 5.97 Å². The Morgan fingerprint density at radius 3 is 2.50 bits per heavy atom. The van der Waals surface area contributed by atoms with Crippen LogP contribution in [0.4, 0.5) is 11.5 Å². The first kappa shape index (κ1) is 34.1. The van der Waals surface area contributed by atoms with Gasteiger partial charge in [-0.3, -0.25) is 19.6 Å². The zero-order valence-electron chi connectivity index (χ0n) is 30.4. The van der Waals surface area contributed by atoms with Gasteiger partial charge in [0.15, 0.2) is 11.4 Å². The molecule has 54 heavy (non-hydrogen) atoms. The Labute approximate surface area is 312 Å². The van der Waals surface area contributed by atoms with Crippen molar-refractivity contribution < 1.29 is 19.4 Å². The Balaban J connectivity index is 0.995. The number of anilines is 2. The fraction of sp³-hybridized carbons (Fsp3) is 0.333. The fourth-order valence-corrected chi connectivity index (χ4v) is 8.45. The third-order valence-corrected chi connectivity index (χ3v) is 11.5. The first-order valence-electron chi connectivity index (χ1n) is 18.4. The van der Waals surface area contributed by atoms with E-state index in [9.17, 15) is 20.3 Å². The highest BCUT2D eigenvalue weighted by Gasteiger charge is 2.60.